The van der Waals surface area contributed by atoms with Crippen molar-refractivity contribution >= 4 is 5.82 Å². The molecule has 4 atom stereocenters. The van der Waals surface area contributed by atoms with Crippen LogP contribution in [0.4, 0.5) is 10.2 Å². The number of nitrogens with two attached hydrogens (primary N) is 1. The van der Waals surface area contributed by atoms with Crippen LogP contribution in [0.1, 0.15) is 6.23 Å². The van der Waals surface area contributed by atoms with Crippen molar-refractivity contribution in [2.24, 2.45) is 0 Å². The fourth-order valence-electron chi connectivity index (χ4n) is 1.68. The van der Waals surface area contributed by atoms with E-state index in [1.54, 1.807) is 0 Å². The summed E-state index contributed by atoms with van der Waals surface area (Å²) in [4.78, 5) is 14.7. The van der Waals surface area contributed by atoms with Crippen molar-refractivity contribution < 1.29 is 24.4 Å². The molecule has 0 aromatic carbocycles. The van der Waals surface area contributed by atoms with E-state index in [1.807, 2.05) is 0 Å². The number of nitrogen functional groups attached to an aromatic ring is 1. The zero-order valence-corrected chi connectivity index (χ0v) is 9.10. The summed E-state index contributed by atoms with van der Waals surface area (Å²) < 4.78 is 18.9. The molecule has 1 aromatic heterocycles. The first kappa shape index (κ1) is 12.9. The fraction of sp³-hybridized carbons (Fsp3) is 0.556. The minimum atomic E-state index is -1.59. The van der Waals surface area contributed by atoms with E-state index in [0.29, 0.717) is 4.57 Å². The Kier molecular flexibility index (Phi) is 3.30. The summed E-state index contributed by atoms with van der Waals surface area (Å²) in [5.41, 5.74) is 4.18. The van der Waals surface area contributed by atoms with E-state index in [4.69, 9.17) is 10.5 Å². The molecule has 8 nitrogen and oxygen atoms in total. The van der Waals surface area contributed by atoms with E-state index < -0.39 is 41.9 Å². The van der Waals surface area contributed by atoms with Crippen LogP contribution in [0.15, 0.2) is 11.0 Å². The van der Waals surface area contributed by atoms with Crippen LogP contribution in [0, 0.1) is 5.82 Å². The van der Waals surface area contributed by atoms with Gasteiger partial charge >= 0.3 is 5.69 Å². The maximum atomic E-state index is 13.2. The van der Waals surface area contributed by atoms with Crippen molar-refractivity contribution in [1.29, 1.82) is 0 Å². The van der Waals surface area contributed by atoms with Gasteiger partial charge in [-0.1, -0.05) is 0 Å². The zero-order chi connectivity index (χ0) is 13.4. The van der Waals surface area contributed by atoms with E-state index >= 15 is 0 Å². The molecule has 2 heterocycles. The average Bonchev–Trinajstić information content (AvgIpc) is 2.32. The summed E-state index contributed by atoms with van der Waals surface area (Å²) in [5.74, 6) is -1.52. The van der Waals surface area contributed by atoms with Gasteiger partial charge in [-0.05, 0) is 0 Å². The van der Waals surface area contributed by atoms with Gasteiger partial charge in [0, 0.05) is 0 Å². The minimum Gasteiger partial charge on any atom is -0.388 e. The predicted molar refractivity (Wildman–Crippen MR) is 55.9 cm³/mol. The molecule has 0 aliphatic carbocycles. The average molecular weight is 261 g/mol. The Bertz CT molecular complexity index is 507. The Morgan fingerprint density at radius 3 is 2.78 bits per heavy atom. The summed E-state index contributed by atoms with van der Waals surface area (Å²) in [6, 6.07) is 0. The van der Waals surface area contributed by atoms with Crippen LogP contribution in [-0.2, 0) is 4.74 Å². The van der Waals surface area contributed by atoms with Crippen molar-refractivity contribution in [2.45, 2.75) is 24.5 Å². The second-order valence-corrected chi connectivity index (χ2v) is 3.94. The summed E-state index contributed by atoms with van der Waals surface area (Å²) in [5, 5.41) is 28.4. The zero-order valence-electron chi connectivity index (χ0n) is 9.10. The number of ether oxygens (including phenoxy) is 1. The maximum Gasteiger partial charge on any atom is 0.351 e. The maximum absolute atomic E-state index is 13.2. The van der Waals surface area contributed by atoms with Crippen molar-refractivity contribution in [3.05, 3.63) is 22.5 Å². The van der Waals surface area contributed by atoms with Gasteiger partial charge in [-0.25, -0.2) is 9.18 Å². The fourth-order valence-corrected chi connectivity index (χ4v) is 1.68. The number of halogens is 1. The smallest absolute Gasteiger partial charge is 0.351 e. The molecule has 9 heteroatoms. The lowest BCUT2D eigenvalue weighted by molar-refractivity contribution is -0.212. The molecule has 1 aliphatic rings. The molecule has 0 amide bonds. The summed E-state index contributed by atoms with van der Waals surface area (Å²) >= 11 is 0. The van der Waals surface area contributed by atoms with E-state index in [9.17, 15) is 24.5 Å². The molecule has 1 fully saturated rings. The molecule has 18 heavy (non-hydrogen) atoms. The van der Waals surface area contributed by atoms with Gasteiger partial charge in [-0.3, -0.25) is 4.57 Å². The Hall–Kier alpha value is -1.55. The highest BCUT2D eigenvalue weighted by Gasteiger charge is 2.39. The van der Waals surface area contributed by atoms with Crippen LogP contribution < -0.4 is 11.4 Å². The molecule has 2 rings (SSSR count). The first-order chi connectivity index (χ1) is 8.41. The van der Waals surface area contributed by atoms with Crippen molar-refractivity contribution in [3.8, 4) is 0 Å². The quantitative estimate of drug-likeness (QED) is 0.442. The van der Waals surface area contributed by atoms with E-state index in [1.165, 1.54) is 0 Å². The van der Waals surface area contributed by atoms with E-state index in [0.717, 1.165) is 6.20 Å². The number of rotatable bonds is 1. The lowest BCUT2D eigenvalue weighted by Gasteiger charge is -2.35. The van der Waals surface area contributed by atoms with Crippen LogP contribution in [0.3, 0.4) is 0 Å². The molecule has 0 saturated carbocycles. The van der Waals surface area contributed by atoms with Crippen molar-refractivity contribution in [2.75, 3.05) is 12.3 Å². The van der Waals surface area contributed by atoms with Gasteiger partial charge < -0.3 is 25.8 Å². The second kappa shape index (κ2) is 4.61. The molecule has 0 spiro atoms. The highest BCUT2D eigenvalue weighted by Crippen LogP contribution is 2.23. The summed E-state index contributed by atoms with van der Waals surface area (Å²) in [6.45, 7) is -0.304. The van der Waals surface area contributed by atoms with Gasteiger partial charge in [0.15, 0.2) is 17.9 Å². The van der Waals surface area contributed by atoms with Crippen LogP contribution >= 0.6 is 0 Å². The van der Waals surface area contributed by atoms with Gasteiger partial charge in [0.05, 0.1) is 12.8 Å². The Morgan fingerprint density at radius 1 is 1.44 bits per heavy atom. The number of nitrogens with zero attached hydrogens (tertiary/aromatic N) is 2. The second-order valence-electron chi connectivity index (χ2n) is 3.94. The van der Waals surface area contributed by atoms with Crippen LogP contribution in [0.2, 0.25) is 0 Å². The summed E-state index contributed by atoms with van der Waals surface area (Å²) in [6.07, 6.45) is -4.98. The number of aromatic nitrogens is 2. The lowest BCUT2D eigenvalue weighted by atomic mass is 10.0. The minimum absolute atomic E-state index is 0.304. The Balaban J connectivity index is 2.37. The largest absolute Gasteiger partial charge is 0.388 e. The van der Waals surface area contributed by atoms with E-state index in [2.05, 4.69) is 4.98 Å². The Morgan fingerprint density at radius 2 is 2.11 bits per heavy atom. The summed E-state index contributed by atoms with van der Waals surface area (Å²) in [7, 11) is 0. The lowest BCUT2D eigenvalue weighted by Crippen LogP contribution is -2.52. The van der Waals surface area contributed by atoms with E-state index in [-0.39, 0.29) is 6.61 Å². The van der Waals surface area contributed by atoms with Crippen LogP contribution in [-0.4, -0.2) is 49.8 Å². The molecule has 0 radical (unpaired) electrons. The number of aliphatic hydroxyl groups excluding tert-OH is 3. The standard InChI is InChI=1S/C9H12FN3O5/c10-3-1-13(9(17)12-7(3)11)8-6(16)5(15)4(14)2-18-8/h1,4-6,8,14-16H,2H2,(H2,11,12,17)/t4-,5-,6+,8-/m1/s1. The normalized spacial score (nSPS) is 32.4. The predicted octanol–water partition coefficient (Wildman–Crippen LogP) is -2.42. The van der Waals surface area contributed by atoms with Gasteiger partial charge in [-0.15, -0.1) is 0 Å². The number of hydrogen-bond acceptors (Lipinski definition) is 7. The highest BCUT2D eigenvalue weighted by molar-refractivity contribution is 5.26. The molecule has 0 unspecified atom stereocenters. The molecular weight excluding hydrogens is 249 g/mol. The van der Waals surface area contributed by atoms with Gasteiger partial charge in [0.1, 0.15) is 18.3 Å². The molecule has 1 aromatic rings. The van der Waals surface area contributed by atoms with Crippen LogP contribution in [0.5, 0.6) is 0 Å². The molecule has 1 aliphatic heterocycles. The van der Waals surface area contributed by atoms with Crippen LogP contribution in [0.25, 0.3) is 0 Å². The number of anilines is 1. The molecule has 100 valence electrons. The van der Waals surface area contributed by atoms with Gasteiger partial charge in [-0.2, -0.15) is 4.98 Å². The molecule has 1 saturated heterocycles. The van der Waals surface area contributed by atoms with Gasteiger partial charge in [0.25, 0.3) is 0 Å². The topological polar surface area (TPSA) is 131 Å². The first-order valence-electron chi connectivity index (χ1n) is 5.11. The third kappa shape index (κ3) is 2.08. The van der Waals surface area contributed by atoms with Crippen molar-refractivity contribution in [1.82, 2.24) is 9.55 Å². The Labute approximate surface area is 100 Å². The first-order valence-corrected chi connectivity index (χ1v) is 5.11. The number of aliphatic hydroxyl groups is 3. The van der Waals surface area contributed by atoms with Gasteiger partial charge in [0.2, 0.25) is 0 Å². The highest BCUT2D eigenvalue weighted by atomic mass is 19.1. The molecular formula is C9H12FN3O5. The SMILES string of the molecule is Nc1nc(=O)n([C@@H]2OC[C@@H](O)[C@@H](O)[C@@H]2O)cc1F. The monoisotopic (exact) mass is 261 g/mol. The van der Waals surface area contributed by atoms with Crippen molar-refractivity contribution in [3.63, 3.8) is 0 Å². The molecule has 5 N–H and O–H groups in total. The third-order valence-electron chi connectivity index (χ3n) is 2.68. The molecule has 0 bridgehead atoms. The third-order valence-corrected chi connectivity index (χ3v) is 2.68. The number of hydrogen-bond donors (Lipinski definition) is 4.